The summed E-state index contributed by atoms with van der Waals surface area (Å²) in [4.78, 5) is 3.84. The van der Waals surface area contributed by atoms with Gasteiger partial charge in [-0.25, -0.2) is 9.37 Å². The Hall–Kier alpha value is -2.39. The van der Waals surface area contributed by atoms with E-state index in [0.29, 0.717) is 12.1 Å². The zero-order chi connectivity index (χ0) is 19.0. The summed E-state index contributed by atoms with van der Waals surface area (Å²) in [6.07, 6.45) is -5.28. The highest BCUT2D eigenvalue weighted by Gasteiger charge is 2.35. The molecule has 0 aliphatic heterocycles. The number of phenols is 1. The number of anilines is 1. The Morgan fingerprint density at radius 3 is 2.32 bits per heavy atom. The van der Waals surface area contributed by atoms with Gasteiger partial charge in [-0.05, 0) is 19.9 Å². The summed E-state index contributed by atoms with van der Waals surface area (Å²) in [7, 11) is 0. The standard InChI is InChI=1S/C15H14F6N2O2/c1-7(2)25-13-4-9(15(19,20)21)8-3-11(23-14(17,18)6-16)12(24)5-10(8)22-13/h3-5,7,23-24H,6H2,1-2H3. The molecule has 2 aromatic rings. The smallest absolute Gasteiger partial charge is 0.417 e. The third-order valence-corrected chi connectivity index (χ3v) is 3.05. The summed E-state index contributed by atoms with van der Waals surface area (Å²) in [6.45, 7) is 1.07. The second kappa shape index (κ2) is 6.49. The van der Waals surface area contributed by atoms with Crippen LogP contribution in [0.3, 0.4) is 0 Å². The zero-order valence-electron chi connectivity index (χ0n) is 13.1. The number of nitrogens with zero attached hydrogens (tertiary/aromatic N) is 1. The summed E-state index contributed by atoms with van der Waals surface area (Å²) >= 11 is 0. The van der Waals surface area contributed by atoms with Crippen molar-refractivity contribution in [2.45, 2.75) is 32.2 Å². The van der Waals surface area contributed by atoms with Crippen LogP contribution < -0.4 is 10.1 Å². The summed E-state index contributed by atoms with van der Waals surface area (Å²) < 4.78 is 83.5. The lowest BCUT2D eigenvalue weighted by Gasteiger charge is -2.19. The van der Waals surface area contributed by atoms with Gasteiger partial charge in [0, 0.05) is 17.5 Å². The number of pyridine rings is 1. The van der Waals surface area contributed by atoms with Gasteiger partial charge in [0.05, 0.1) is 22.9 Å². The lowest BCUT2D eigenvalue weighted by molar-refractivity contribution is -0.136. The molecule has 138 valence electrons. The van der Waals surface area contributed by atoms with Crippen molar-refractivity contribution in [3.8, 4) is 11.6 Å². The minimum atomic E-state index is -4.83. The van der Waals surface area contributed by atoms with E-state index in [0.717, 1.165) is 6.07 Å². The molecule has 1 aromatic heterocycles. The fourth-order valence-electron chi connectivity index (χ4n) is 2.10. The number of hydrogen-bond acceptors (Lipinski definition) is 4. The van der Waals surface area contributed by atoms with Crippen molar-refractivity contribution in [2.24, 2.45) is 0 Å². The van der Waals surface area contributed by atoms with Crippen molar-refractivity contribution in [1.82, 2.24) is 4.98 Å². The second-order valence-corrected chi connectivity index (χ2v) is 5.52. The number of aromatic nitrogens is 1. The Balaban J connectivity index is 2.67. The number of alkyl halides is 6. The first-order chi connectivity index (χ1) is 11.4. The maximum atomic E-state index is 13.3. The zero-order valence-corrected chi connectivity index (χ0v) is 13.1. The van der Waals surface area contributed by atoms with Gasteiger partial charge in [0.1, 0.15) is 5.75 Å². The molecule has 2 N–H and O–H groups in total. The molecule has 2 rings (SSSR count). The Morgan fingerprint density at radius 2 is 1.80 bits per heavy atom. The van der Waals surface area contributed by atoms with Crippen LogP contribution in [0.4, 0.5) is 32.0 Å². The van der Waals surface area contributed by atoms with Crippen LogP contribution in [-0.4, -0.2) is 28.9 Å². The maximum Gasteiger partial charge on any atom is 0.417 e. The molecular weight excluding hydrogens is 354 g/mol. The minimum absolute atomic E-state index is 0.308. The second-order valence-electron chi connectivity index (χ2n) is 5.52. The van der Waals surface area contributed by atoms with Crippen molar-refractivity contribution in [3.63, 3.8) is 0 Å². The summed E-state index contributed by atoms with van der Waals surface area (Å²) in [5, 5.41) is 10.6. The fourth-order valence-corrected chi connectivity index (χ4v) is 2.10. The first kappa shape index (κ1) is 18.9. The van der Waals surface area contributed by atoms with Crippen molar-refractivity contribution < 1.29 is 36.2 Å². The van der Waals surface area contributed by atoms with Crippen LogP contribution in [0.25, 0.3) is 10.9 Å². The van der Waals surface area contributed by atoms with E-state index < -0.39 is 47.4 Å². The predicted molar refractivity (Wildman–Crippen MR) is 78.7 cm³/mol. The molecular formula is C15H14F6N2O2. The van der Waals surface area contributed by atoms with Gasteiger partial charge in [-0.1, -0.05) is 0 Å². The van der Waals surface area contributed by atoms with Crippen LogP contribution in [0.1, 0.15) is 19.4 Å². The highest BCUT2D eigenvalue weighted by Crippen LogP contribution is 2.40. The third-order valence-electron chi connectivity index (χ3n) is 3.05. The van der Waals surface area contributed by atoms with Gasteiger partial charge in [0.25, 0.3) is 0 Å². The molecule has 0 aliphatic rings. The van der Waals surface area contributed by atoms with Crippen LogP contribution in [0.2, 0.25) is 0 Å². The van der Waals surface area contributed by atoms with Gasteiger partial charge >= 0.3 is 12.2 Å². The summed E-state index contributed by atoms with van der Waals surface area (Å²) in [6, 6.07) is -1.99. The number of halogens is 6. The van der Waals surface area contributed by atoms with Crippen molar-refractivity contribution in [1.29, 1.82) is 0 Å². The van der Waals surface area contributed by atoms with Crippen LogP contribution >= 0.6 is 0 Å². The van der Waals surface area contributed by atoms with E-state index >= 15 is 0 Å². The van der Waals surface area contributed by atoms with Gasteiger partial charge in [0.2, 0.25) is 5.88 Å². The van der Waals surface area contributed by atoms with Gasteiger partial charge in [0.15, 0.2) is 6.67 Å². The Bertz CT molecular complexity index is 777. The van der Waals surface area contributed by atoms with E-state index in [1.54, 1.807) is 13.8 Å². The average Bonchev–Trinajstić information content (AvgIpc) is 2.46. The molecule has 0 spiro atoms. The summed E-state index contributed by atoms with van der Waals surface area (Å²) in [5.74, 6) is -1.13. The first-order valence-corrected chi connectivity index (χ1v) is 7.06. The minimum Gasteiger partial charge on any atom is -0.506 e. The van der Waals surface area contributed by atoms with Crippen LogP contribution in [0.15, 0.2) is 18.2 Å². The Labute approximate surface area is 138 Å². The number of fused-ring (bicyclic) bond motifs is 1. The van der Waals surface area contributed by atoms with Crippen LogP contribution in [-0.2, 0) is 6.18 Å². The van der Waals surface area contributed by atoms with Gasteiger partial charge in [-0.3, -0.25) is 0 Å². The summed E-state index contributed by atoms with van der Waals surface area (Å²) in [5.41, 5.74) is -2.24. The number of ether oxygens (including phenoxy) is 1. The number of rotatable bonds is 5. The molecule has 1 heterocycles. The van der Waals surface area contributed by atoms with Crippen molar-refractivity contribution >= 4 is 16.6 Å². The monoisotopic (exact) mass is 368 g/mol. The van der Waals surface area contributed by atoms with Gasteiger partial charge < -0.3 is 15.2 Å². The molecule has 0 saturated carbocycles. The lowest BCUT2D eigenvalue weighted by Crippen LogP contribution is -2.29. The highest BCUT2D eigenvalue weighted by atomic mass is 19.4. The molecule has 1 aromatic carbocycles. The van der Waals surface area contributed by atoms with Gasteiger partial charge in [-0.2, -0.15) is 22.0 Å². The molecule has 0 saturated heterocycles. The number of phenolic OH excluding ortho intramolecular Hbond substituents is 1. The number of benzene rings is 1. The van der Waals surface area contributed by atoms with E-state index in [1.807, 2.05) is 0 Å². The molecule has 4 nitrogen and oxygen atoms in total. The van der Waals surface area contributed by atoms with E-state index in [9.17, 15) is 31.4 Å². The maximum absolute atomic E-state index is 13.3. The SMILES string of the molecule is CC(C)Oc1cc(C(F)(F)F)c2cc(NC(F)(F)CF)c(O)cc2n1. The quantitative estimate of drug-likeness (QED) is 0.456. The largest absolute Gasteiger partial charge is 0.506 e. The molecule has 0 fully saturated rings. The molecule has 10 heteroatoms. The Morgan fingerprint density at radius 1 is 1.16 bits per heavy atom. The van der Waals surface area contributed by atoms with Crippen molar-refractivity contribution in [3.05, 3.63) is 23.8 Å². The number of hydrogen-bond donors (Lipinski definition) is 2. The van der Waals surface area contributed by atoms with E-state index in [-0.39, 0.29) is 11.4 Å². The molecule has 0 aliphatic carbocycles. The van der Waals surface area contributed by atoms with Crippen LogP contribution in [0.5, 0.6) is 11.6 Å². The normalized spacial score (nSPS) is 12.7. The van der Waals surface area contributed by atoms with E-state index in [1.165, 1.54) is 5.32 Å². The molecule has 0 radical (unpaired) electrons. The molecule has 0 amide bonds. The first-order valence-electron chi connectivity index (χ1n) is 7.06. The molecule has 25 heavy (non-hydrogen) atoms. The third kappa shape index (κ3) is 4.37. The molecule has 0 bridgehead atoms. The molecule has 0 atom stereocenters. The van der Waals surface area contributed by atoms with Gasteiger partial charge in [-0.15, -0.1) is 0 Å². The molecule has 0 unspecified atom stereocenters. The predicted octanol–water partition coefficient (Wildman–Crippen LogP) is 4.72. The highest BCUT2D eigenvalue weighted by molar-refractivity contribution is 5.89. The average molecular weight is 368 g/mol. The van der Waals surface area contributed by atoms with Crippen LogP contribution in [0, 0.1) is 0 Å². The Kier molecular flexibility index (Phi) is 4.92. The number of aromatic hydroxyl groups is 1. The number of nitrogens with one attached hydrogen (secondary N) is 1. The fraction of sp³-hybridized carbons (Fsp3) is 0.400. The van der Waals surface area contributed by atoms with E-state index in [4.69, 9.17) is 4.74 Å². The van der Waals surface area contributed by atoms with Crippen molar-refractivity contribution in [2.75, 3.05) is 12.0 Å². The topological polar surface area (TPSA) is 54.4 Å². The van der Waals surface area contributed by atoms with E-state index in [2.05, 4.69) is 4.98 Å². The lowest BCUT2D eigenvalue weighted by atomic mass is 10.1.